The van der Waals surface area contributed by atoms with Crippen LogP contribution in [0.25, 0.3) is 0 Å². The monoisotopic (exact) mass is 415 g/mol. The molecular weight excluding hydrogens is 382 g/mol. The summed E-state index contributed by atoms with van der Waals surface area (Å²) >= 11 is 0. The van der Waals surface area contributed by atoms with Crippen molar-refractivity contribution in [2.75, 3.05) is 7.05 Å². The summed E-state index contributed by atoms with van der Waals surface area (Å²) in [5.41, 5.74) is 1.83. The van der Waals surface area contributed by atoms with Crippen LogP contribution in [0, 0.1) is 5.92 Å². The number of amides is 2. The maximum absolute atomic E-state index is 13.6. The first kappa shape index (κ1) is 23.6. The Morgan fingerprint density at radius 2 is 1.90 bits per heavy atom. The highest BCUT2D eigenvalue weighted by Crippen LogP contribution is 2.41. The highest BCUT2D eigenvalue weighted by molar-refractivity contribution is 5.90. The van der Waals surface area contributed by atoms with Gasteiger partial charge < -0.3 is 9.64 Å². The summed E-state index contributed by atoms with van der Waals surface area (Å²) in [4.78, 5) is 40.1. The standard InChI is InChI=1S/C23H33N3O4/c1-8-18-14-19(20(28)30-22(3,4)5)26(24-16(2)27)23(18,6)21(29)25(7)15-17-12-10-9-11-13-17/h8-13,18-19H,1,14-15H2,2-7H3,(H,24,27). The van der Waals surface area contributed by atoms with Crippen molar-refractivity contribution in [2.24, 2.45) is 5.92 Å². The number of rotatable bonds is 6. The van der Waals surface area contributed by atoms with E-state index in [4.69, 9.17) is 4.74 Å². The van der Waals surface area contributed by atoms with Crippen LogP contribution in [-0.2, 0) is 25.7 Å². The summed E-state index contributed by atoms with van der Waals surface area (Å²) in [6, 6.07) is 8.84. The number of ether oxygens (including phenoxy) is 1. The average molecular weight is 416 g/mol. The van der Waals surface area contributed by atoms with Crippen molar-refractivity contribution >= 4 is 17.8 Å². The maximum Gasteiger partial charge on any atom is 0.325 e. The molecule has 1 aromatic carbocycles. The number of hydrazine groups is 1. The summed E-state index contributed by atoms with van der Waals surface area (Å²) < 4.78 is 5.56. The Kier molecular flexibility index (Phi) is 7.08. The van der Waals surface area contributed by atoms with Crippen LogP contribution in [0.3, 0.4) is 0 Å². The number of carbonyl (C=O) groups excluding carboxylic acids is 3. The lowest BCUT2D eigenvalue weighted by atomic mass is 9.85. The van der Waals surface area contributed by atoms with Gasteiger partial charge in [0.15, 0.2) is 0 Å². The van der Waals surface area contributed by atoms with Crippen LogP contribution in [0.5, 0.6) is 0 Å². The molecule has 30 heavy (non-hydrogen) atoms. The lowest BCUT2D eigenvalue weighted by molar-refractivity contribution is -0.166. The molecule has 1 fully saturated rings. The van der Waals surface area contributed by atoms with Crippen molar-refractivity contribution in [1.29, 1.82) is 0 Å². The molecule has 1 aliphatic rings. The molecule has 0 saturated carbocycles. The molecule has 0 bridgehead atoms. The predicted molar refractivity (Wildman–Crippen MR) is 115 cm³/mol. The van der Waals surface area contributed by atoms with Crippen molar-refractivity contribution in [3.8, 4) is 0 Å². The lowest BCUT2D eigenvalue weighted by Crippen LogP contribution is -2.64. The molecule has 0 aliphatic carbocycles. The van der Waals surface area contributed by atoms with Crippen LogP contribution in [0.1, 0.15) is 46.6 Å². The Bertz CT molecular complexity index is 802. The van der Waals surface area contributed by atoms with E-state index < -0.39 is 23.2 Å². The van der Waals surface area contributed by atoms with Gasteiger partial charge in [0.25, 0.3) is 0 Å². The predicted octanol–water partition coefficient (Wildman–Crippen LogP) is 2.67. The summed E-state index contributed by atoms with van der Waals surface area (Å²) in [6.45, 7) is 12.7. The van der Waals surface area contributed by atoms with E-state index in [9.17, 15) is 14.4 Å². The molecule has 3 unspecified atom stereocenters. The maximum atomic E-state index is 13.6. The van der Waals surface area contributed by atoms with Crippen LogP contribution in [0.15, 0.2) is 43.0 Å². The molecule has 1 N–H and O–H groups in total. The van der Waals surface area contributed by atoms with E-state index in [1.54, 1.807) is 45.7 Å². The zero-order valence-electron chi connectivity index (χ0n) is 18.8. The zero-order chi connectivity index (χ0) is 22.7. The minimum Gasteiger partial charge on any atom is -0.459 e. The molecule has 1 aliphatic heterocycles. The van der Waals surface area contributed by atoms with Gasteiger partial charge in [-0.05, 0) is 39.7 Å². The first-order chi connectivity index (χ1) is 13.9. The highest BCUT2D eigenvalue weighted by Gasteiger charge is 2.58. The fourth-order valence-electron chi connectivity index (χ4n) is 3.92. The van der Waals surface area contributed by atoms with Gasteiger partial charge in [0, 0.05) is 26.4 Å². The van der Waals surface area contributed by atoms with Crippen molar-refractivity contribution in [3.05, 3.63) is 48.6 Å². The van der Waals surface area contributed by atoms with E-state index in [1.807, 2.05) is 30.3 Å². The third kappa shape index (κ3) is 5.08. The molecule has 1 saturated heterocycles. The Hall–Kier alpha value is -2.67. The van der Waals surface area contributed by atoms with Gasteiger partial charge in [0.2, 0.25) is 11.8 Å². The molecule has 1 heterocycles. The van der Waals surface area contributed by atoms with Crippen LogP contribution in [0.4, 0.5) is 0 Å². The molecule has 0 aromatic heterocycles. The average Bonchev–Trinajstić information content (AvgIpc) is 2.93. The van der Waals surface area contributed by atoms with Crippen molar-refractivity contribution in [3.63, 3.8) is 0 Å². The topological polar surface area (TPSA) is 79.0 Å². The minimum atomic E-state index is -1.18. The van der Waals surface area contributed by atoms with E-state index in [2.05, 4.69) is 12.0 Å². The molecule has 164 valence electrons. The summed E-state index contributed by atoms with van der Waals surface area (Å²) in [5, 5.41) is 1.46. The first-order valence-electron chi connectivity index (χ1n) is 10.1. The Labute approximate surface area is 179 Å². The molecule has 7 heteroatoms. The van der Waals surface area contributed by atoms with Gasteiger partial charge in [-0.3, -0.25) is 19.8 Å². The number of benzene rings is 1. The molecule has 7 nitrogen and oxygen atoms in total. The van der Waals surface area contributed by atoms with E-state index >= 15 is 0 Å². The van der Waals surface area contributed by atoms with Crippen molar-refractivity contribution in [2.45, 2.75) is 64.8 Å². The van der Waals surface area contributed by atoms with Gasteiger partial charge in [0.1, 0.15) is 17.2 Å². The summed E-state index contributed by atoms with van der Waals surface area (Å²) in [5.74, 6) is -1.41. The molecular formula is C23H33N3O4. The molecule has 1 aromatic rings. The molecule has 2 rings (SSSR count). The number of carbonyl (C=O) groups is 3. The number of hydrogen-bond donors (Lipinski definition) is 1. The second-order valence-electron chi connectivity index (χ2n) is 8.96. The Morgan fingerprint density at radius 3 is 2.40 bits per heavy atom. The van der Waals surface area contributed by atoms with Crippen molar-refractivity contribution < 1.29 is 19.1 Å². The second-order valence-corrected chi connectivity index (χ2v) is 8.96. The van der Waals surface area contributed by atoms with Gasteiger partial charge in [-0.25, -0.2) is 0 Å². The van der Waals surface area contributed by atoms with Crippen LogP contribution in [0.2, 0.25) is 0 Å². The third-order valence-electron chi connectivity index (χ3n) is 5.29. The molecule has 3 atom stereocenters. The largest absolute Gasteiger partial charge is 0.459 e. The van der Waals surface area contributed by atoms with Crippen LogP contribution in [-0.4, -0.2) is 51.9 Å². The highest BCUT2D eigenvalue weighted by atomic mass is 16.6. The second kappa shape index (κ2) is 9.00. The SMILES string of the molecule is C=CC1CC(C(=O)OC(C)(C)C)N(NC(C)=O)C1(C)C(=O)N(C)Cc1ccccc1. The van der Waals surface area contributed by atoms with Crippen LogP contribution < -0.4 is 5.43 Å². The number of likely N-dealkylation sites (N-methyl/N-ethyl adjacent to an activating group) is 1. The van der Waals surface area contributed by atoms with E-state index in [1.165, 1.54) is 11.9 Å². The van der Waals surface area contributed by atoms with E-state index in [0.29, 0.717) is 13.0 Å². The number of nitrogens with zero attached hydrogens (tertiary/aromatic N) is 2. The van der Waals surface area contributed by atoms with E-state index in [0.717, 1.165) is 5.56 Å². The fourth-order valence-corrected chi connectivity index (χ4v) is 3.92. The zero-order valence-corrected chi connectivity index (χ0v) is 18.8. The third-order valence-corrected chi connectivity index (χ3v) is 5.29. The van der Waals surface area contributed by atoms with Gasteiger partial charge in [-0.2, -0.15) is 5.01 Å². The van der Waals surface area contributed by atoms with Gasteiger partial charge in [0.05, 0.1) is 0 Å². The number of nitrogens with one attached hydrogen (secondary N) is 1. The van der Waals surface area contributed by atoms with Crippen molar-refractivity contribution in [1.82, 2.24) is 15.3 Å². The Balaban J connectivity index is 2.38. The van der Waals surface area contributed by atoms with Crippen LogP contribution >= 0.6 is 0 Å². The first-order valence-corrected chi connectivity index (χ1v) is 10.1. The summed E-state index contributed by atoms with van der Waals surface area (Å²) in [7, 11) is 1.72. The van der Waals surface area contributed by atoms with Gasteiger partial charge >= 0.3 is 5.97 Å². The molecule has 2 amide bonds. The number of hydrogen-bond acceptors (Lipinski definition) is 5. The fraction of sp³-hybridized carbons (Fsp3) is 0.522. The Morgan fingerprint density at radius 1 is 1.30 bits per heavy atom. The normalized spacial score (nSPS) is 24.2. The smallest absolute Gasteiger partial charge is 0.325 e. The molecule has 0 spiro atoms. The quantitative estimate of drug-likeness (QED) is 0.571. The van der Waals surface area contributed by atoms with Gasteiger partial charge in [-0.1, -0.05) is 36.4 Å². The minimum absolute atomic E-state index is 0.212. The summed E-state index contributed by atoms with van der Waals surface area (Å²) in [6.07, 6.45) is 1.99. The molecule has 0 radical (unpaired) electrons. The lowest BCUT2D eigenvalue weighted by Gasteiger charge is -2.40. The van der Waals surface area contributed by atoms with E-state index in [-0.39, 0.29) is 17.7 Å². The van der Waals surface area contributed by atoms with Gasteiger partial charge in [-0.15, -0.1) is 6.58 Å². The number of esters is 1.